The molecule has 35 heavy (non-hydrogen) atoms. The Morgan fingerprint density at radius 2 is 1.66 bits per heavy atom. The Hall–Kier alpha value is -3.60. The molecule has 1 aromatic heterocycles. The van der Waals surface area contributed by atoms with E-state index in [1.54, 1.807) is 0 Å². The van der Waals surface area contributed by atoms with E-state index in [2.05, 4.69) is 66.2 Å². The van der Waals surface area contributed by atoms with E-state index in [1.807, 2.05) is 36.4 Å². The minimum atomic E-state index is -0.0297. The molecule has 0 radical (unpaired) electrons. The summed E-state index contributed by atoms with van der Waals surface area (Å²) in [5, 5.41) is 3.01. The zero-order valence-electron chi connectivity index (χ0n) is 20.7. The molecule has 0 aliphatic rings. The molecule has 0 aliphatic carbocycles. The van der Waals surface area contributed by atoms with Gasteiger partial charge in [-0.3, -0.25) is 4.79 Å². The summed E-state index contributed by atoms with van der Waals surface area (Å²) in [6.45, 7) is 6.63. The summed E-state index contributed by atoms with van der Waals surface area (Å²) in [5.41, 5.74) is 4.22. The number of nitrogens with one attached hydrogen (secondary N) is 1. The first kappa shape index (κ1) is 24.5. The average molecular weight is 470 g/mol. The Bertz CT molecular complexity index is 1210. The van der Waals surface area contributed by atoms with Crippen molar-refractivity contribution >= 4 is 16.9 Å². The van der Waals surface area contributed by atoms with E-state index in [4.69, 9.17) is 9.72 Å². The minimum Gasteiger partial charge on any atom is -0.494 e. The Kier molecular flexibility index (Phi) is 8.55. The number of para-hydroxylation sites is 2. The number of nitrogens with zero attached hydrogens (tertiary/aromatic N) is 2. The van der Waals surface area contributed by atoms with Crippen molar-refractivity contribution in [1.82, 2.24) is 14.9 Å². The van der Waals surface area contributed by atoms with Gasteiger partial charge in [-0.2, -0.15) is 0 Å². The van der Waals surface area contributed by atoms with Crippen molar-refractivity contribution < 1.29 is 9.53 Å². The van der Waals surface area contributed by atoms with Crippen LogP contribution in [0.1, 0.15) is 60.8 Å². The molecule has 0 spiro atoms. The molecule has 1 heterocycles. The van der Waals surface area contributed by atoms with Crippen molar-refractivity contribution in [3.8, 4) is 5.75 Å². The largest absolute Gasteiger partial charge is 0.494 e. The van der Waals surface area contributed by atoms with Crippen molar-refractivity contribution in [2.75, 3.05) is 13.2 Å². The number of rotatable bonds is 12. The monoisotopic (exact) mass is 469 g/mol. The summed E-state index contributed by atoms with van der Waals surface area (Å²) in [4.78, 5) is 17.1. The van der Waals surface area contributed by atoms with Gasteiger partial charge >= 0.3 is 0 Å². The molecule has 0 atom stereocenters. The molecule has 0 saturated heterocycles. The third kappa shape index (κ3) is 6.72. The highest BCUT2D eigenvalue weighted by atomic mass is 16.5. The highest BCUT2D eigenvalue weighted by Gasteiger charge is 2.11. The molecule has 4 rings (SSSR count). The van der Waals surface area contributed by atoms with E-state index in [1.165, 1.54) is 11.1 Å². The zero-order valence-corrected chi connectivity index (χ0v) is 20.7. The minimum absolute atomic E-state index is 0.0297. The van der Waals surface area contributed by atoms with E-state index in [-0.39, 0.29) is 5.91 Å². The third-order valence-corrected chi connectivity index (χ3v) is 6.22. The van der Waals surface area contributed by atoms with Gasteiger partial charge in [0.25, 0.3) is 5.91 Å². The van der Waals surface area contributed by atoms with Gasteiger partial charge in [-0.15, -0.1) is 0 Å². The number of fused-ring (bicyclic) bond motifs is 1. The lowest BCUT2D eigenvalue weighted by Gasteiger charge is -2.11. The first-order valence-corrected chi connectivity index (χ1v) is 12.6. The van der Waals surface area contributed by atoms with Crippen molar-refractivity contribution in [2.24, 2.45) is 0 Å². The van der Waals surface area contributed by atoms with E-state index in [9.17, 15) is 4.79 Å². The highest BCUT2D eigenvalue weighted by Crippen LogP contribution is 2.20. The fourth-order valence-electron chi connectivity index (χ4n) is 4.22. The number of hydrogen-bond acceptors (Lipinski definition) is 3. The van der Waals surface area contributed by atoms with Gasteiger partial charge in [0.1, 0.15) is 11.6 Å². The molecule has 3 aromatic carbocycles. The van der Waals surface area contributed by atoms with Crippen molar-refractivity contribution in [1.29, 1.82) is 0 Å². The smallest absolute Gasteiger partial charge is 0.251 e. The second-order valence-corrected chi connectivity index (χ2v) is 9.17. The lowest BCUT2D eigenvalue weighted by molar-refractivity contribution is 0.0953. The van der Waals surface area contributed by atoms with Crippen LogP contribution in [0.5, 0.6) is 5.75 Å². The first-order chi connectivity index (χ1) is 17.1. The maximum Gasteiger partial charge on any atom is 0.251 e. The van der Waals surface area contributed by atoms with Gasteiger partial charge in [0.05, 0.1) is 17.6 Å². The standard InChI is InChI=1S/C30H35N3O2/c1-23(2)24-16-18-26(19-17-24)35-22-9-8-21-33-28-14-7-6-13-27(28)32-29(33)15-10-20-31-30(34)25-11-4-3-5-12-25/h3-7,11-14,16-19,23H,8-10,15,20-22H2,1-2H3,(H,31,34). The molecule has 182 valence electrons. The van der Waals surface area contributed by atoms with Gasteiger partial charge in [-0.25, -0.2) is 4.98 Å². The fourth-order valence-corrected chi connectivity index (χ4v) is 4.22. The van der Waals surface area contributed by atoms with Gasteiger partial charge in [-0.1, -0.05) is 56.3 Å². The number of imidazole rings is 1. The summed E-state index contributed by atoms with van der Waals surface area (Å²) in [5.74, 6) is 2.51. The van der Waals surface area contributed by atoms with Gasteiger partial charge in [0.15, 0.2) is 0 Å². The quantitative estimate of drug-likeness (QED) is 0.245. The van der Waals surface area contributed by atoms with Crippen LogP contribution in [0, 0.1) is 0 Å². The van der Waals surface area contributed by atoms with Gasteiger partial charge in [0, 0.05) is 25.1 Å². The molecule has 0 bridgehead atoms. The van der Waals surface area contributed by atoms with Crippen LogP contribution >= 0.6 is 0 Å². The number of carbonyl (C=O) groups is 1. The number of aryl methyl sites for hydroxylation is 2. The lowest BCUT2D eigenvalue weighted by Crippen LogP contribution is -2.24. The summed E-state index contributed by atoms with van der Waals surface area (Å²) in [6, 6.07) is 26.0. The Balaban J connectivity index is 1.27. The molecule has 5 nitrogen and oxygen atoms in total. The van der Waals surface area contributed by atoms with Crippen LogP contribution in [0.2, 0.25) is 0 Å². The third-order valence-electron chi connectivity index (χ3n) is 6.22. The van der Waals surface area contributed by atoms with Crippen LogP contribution < -0.4 is 10.1 Å². The SMILES string of the molecule is CC(C)c1ccc(OCCCCn2c(CCCNC(=O)c3ccccc3)nc3ccccc32)cc1. The first-order valence-electron chi connectivity index (χ1n) is 12.6. The van der Waals surface area contributed by atoms with Crippen LogP contribution in [0.4, 0.5) is 0 Å². The fraction of sp³-hybridized carbons (Fsp3) is 0.333. The van der Waals surface area contributed by atoms with E-state index >= 15 is 0 Å². The molecule has 0 saturated carbocycles. The molecule has 1 amide bonds. The lowest BCUT2D eigenvalue weighted by atomic mass is 10.0. The Labute approximate surface area is 208 Å². The number of carbonyl (C=O) groups excluding carboxylic acids is 1. The van der Waals surface area contributed by atoms with Crippen LogP contribution in [0.3, 0.4) is 0 Å². The molecule has 0 fully saturated rings. The predicted octanol–water partition coefficient (Wildman–Crippen LogP) is 6.38. The van der Waals surface area contributed by atoms with Gasteiger partial charge in [0.2, 0.25) is 0 Å². The van der Waals surface area contributed by atoms with Crippen LogP contribution in [-0.2, 0) is 13.0 Å². The van der Waals surface area contributed by atoms with Gasteiger partial charge in [-0.05, 0) is 67.1 Å². The molecule has 1 N–H and O–H groups in total. The number of aromatic nitrogens is 2. The number of benzene rings is 3. The molecular formula is C30H35N3O2. The highest BCUT2D eigenvalue weighted by molar-refractivity contribution is 5.94. The summed E-state index contributed by atoms with van der Waals surface area (Å²) in [6.07, 6.45) is 3.66. The molecule has 4 aromatic rings. The van der Waals surface area contributed by atoms with Crippen molar-refractivity contribution in [2.45, 2.75) is 52.0 Å². The molecule has 0 unspecified atom stereocenters. The summed E-state index contributed by atoms with van der Waals surface area (Å²) < 4.78 is 8.28. The zero-order chi connectivity index (χ0) is 24.5. The average Bonchev–Trinajstić information content (AvgIpc) is 3.24. The Morgan fingerprint density at radius 1 is 0.914 bits per heavy atom. The molecular weight excluding hydrogens is 434 g/mol. The van der Waals surface area contributed by atoms with Crippen LogP contribution in [0.15, 0.2) is 78.9 Å². The number of hydrogen-bond donors (Lipinski definition) is 1. The second-order valence-electron chi connectivity index (χ2n) is 9.17. The predicted molar refractivity (Wildman–Crippen MR) is 142 cm³/mol. The van der Waals surface area contributed by atoms with Crippen LogP contribution in [0.25, 0.3) is 11.0 Å². The van der Waals surface area contributed by atoms with Crippen molar-refractivity contribution in [3.05, 3.63) is 95.8 Å². The van der Waals surface area contributed by atoms with E-state index < -0.39 is 0 Å². The molecule has 5 heteroatoms. The normalized spacial score (nSPS) is 11.2. The van der Waals surface area contributed by atoms with Crippen LogP contribution in [-0.4, -0.2) is 28.6 Å². The maximum absolute atomic E-state index is 12.3. The number of ether oxygens (including phenoxy) is 1. The Morgan fingerprint density at radius 3 is 2.43 bits per heavy atom. The summed E-state index contributed by atoms with van der Waals surface area (Å²) in [7, 11) is 0. The topological polar surface area (TPSA) is 56.1 Å². The van der Waals surface area contributed by atoms with E-state index in [0.717, 1.165) is 49.3 Å². The second kappa shape index (κ2) is 12.2. The van der Waals surface area contributed by atoms with E-state index in [0.29, 0.717) is 24.6 Å². The van der Waals surface area contributed by atoms with Crippen molar-refractivity contribution in [3.63, 3.8) is 0 Å². The molecule has 0 aliphatic heterocycles. The van der Waals surface area contributed by atoms with Gasteiger partial charge < -0.3 is 14.6 Å². The number of amides is 1. The number of unbranched alkanes of at least 4 members (excludes halogenated alkanes) is 1. The summed E-state index contributed by atoms with van der Waals surface area (Å²) >= 11 is 0. The maximum atomic E-state index is 12.3.